The zero-order chi connectivity index (χ0) is 15.1. The van der Waals surface area contributed by atoms with Gasteiger partial charge in [-0.25, -0.2) is 4.98 Å². The molecule has 4 heteroatoms. The molecule has 1 fully saturated rings. The van der Waals surface area contributed by atoms with Gasteiger partial charge in [0.25, 0.3) is 0 Å². The summed E-state index contributed by atoms with van der Waals surface area (Å²) in [5, 5.41) is 3.42. The number of likely N-dealkylation sites (tertiary alicyclic amines) is 1. The molecular formula is C17H30N4. The van der Waals surface area contributed by atoms with Crippen LogP contribution in [0.4, 0.5) is 5.82 Å². The highest BCUT2D eigenvalue weighted by Gasteiger charge is 2.18. The highest BCUT2D eigenvalue weighted by atomic mass is 15.2. The van der Waals surface area contributed by atoms with E-state index in [1.165, 1.54) is 25.9 Å². The minimum absolute atomic E-state index is 0.801. The molecule has 1 N–H and O–H groups in total. The molecule has 0 bridgehead atoms. The zero-order valence-corrected chi connectivity index (χ0v) is 13.8. The first-order valence-corrected chi connectivity index (χ1v) is 8.25. The Morgan fingerprint density at radius 1 is 1.33 bits per heavy atom. The predicted molar refractivity (Wildman–Crippen MR) is 89.7 cm³/mol. The van der Waals surface area contributed by atoms with E-state index in [-0.39, 0.29) is 0 Å². The van der Waals surface area contributed by atoms with Gasteiger partial charge in [-0.15, -0.1) is 0 Å². The molecule has 1 aliphatic heterocycles. The van der Waals surface area contributed by atoms with Gasteiger partial charge < -0.3 is 15.1 Å². The van der Waals surface area contributed by atoms with Crippen LogP contribution in [0.25, 0.3) is 0 Å². The van der Waals surface area contributed by atoms with Crippen molar-refractivity contribution in [2.75, 3.05) is 45.2 Å². The molecule has 0 spiro atoms. The van der Waals surface area contributed by atoms with Gasteiger partial charge >= 0.3 is 0 Å². The largest absolute Gasteiger partial charge is 0.359 e. The number of nitrogens with zero attached hydrogens (tertiary/aromatic N) is 3. The normalized spacial score (nSPS) is 17.1. The smallest absolute Gasteiger partial charge is 0.128 e. The van der Waals surface area contributed by atoms with E-state index in [1.807, 2.05) is 0 Å². The number of aromatic nitrogens is 1. The standard InChI is InChI=1S/C17H30N4/c1-4-10-18-13-16-6-5-7-17(19-16)21(3)14-15-8-11-20(2)12-9-15/h5-7,15,18H,4,8-14H2,1-3H3. The Labute approximate surface area is 129 Å². The minimum atomic E-state index is 0.801. The molecule has 2 rings (SSSR count). The average molecular weight is 290 g/mol. The zero-order valence-electron chi connectivity index (χ0n) is 13.8. The maximum Gasteiger partial charge on any atom is 0.128 e. The van der Waals surface area contributed by atoms with Crippen LogP contribution in [-0.4, -0.2) is 50.2 Å². The van der Waals surface area contributed by atoms with E-state index >= 15 is 0 Å². The summed E-state index contributed by atoms with van der Waals surface area (Å²) in [6.07, 6.45) is 3.77. The highest BCUT2D eigenvalue weighted by Crippen LogP contribution is 2.19. The summed E-state index contributed by atoms with van der Waals surface area (Å²) in [7, 11) is 4.39. The number of anilines is 1. The lowest BCUT2D eigenvalue weighted by atomic mass is 9.97. The molecule has 0 atom stereocenters. The molecule has 1 aromatic heterocycles. The Morgan fingerprint density at radius 3 is 2.81 bits per heavy atom. The maximum atomic E-state index is 4.78. The summed E-state index contributed by atoms with van der Waals surface area (Å²) in [6.45, 7) is 7.68. The number of pyridine rings is 1. The van der Waals surface area contributed by atoms with Gasteiger partial charge in [0.05, 0.1) is 5.69 Å². The number of nitrogens with one attached hydrogen (secondary N) is 1. The van der Waals surface area contributed by atoms with Crippen molar-refractivity contribution in [3.8, 4) is 0 Å². The van der Waals surface area contributed by atoms with E-state index in [1.54, 1.807) is 0 Å². The number of piperidine rings is 1. The van der Waals surface area contributed by atoms with Gasteiger partial charge in [0.1, 0.15) is 5.82 Å². The summed E-state index contributed by atoms with van der Waals surface area (Å²) < 4.78 is 0. The van der Waals surface area contributed by atoms with Crippen LogP contribution >= 0.6 is 0 Å². The lowest BCUT2D eigenvalue weighted by Gasteiger charge is -2.32. The Morgan fingerprint density at radius 2 is 2.10 bits per heavy atom. The van der Waals surface area contributed by atoms with Gasteiger partial charge in [-0.05, 0) is 64.0 Å². The molecule has 118 valence electrons. The van der Waals surface area contributed by atoms with Crippen molar-refractivity contribution in [1.82, 2.24) is 15.2 Å². The fourth-order valence-corrected chi connectivity index (χ4v) is 2.90. The van der Waals surface area contributed by atoms with E-state index in [4.69, 9.17) is 4.98 Å². The molecule has 1 aromatic rings. The van der Waals surface area contributed by atoms with Gasteiger partial charge in [0.15, 0.2) is 0 Å². The Bertz CT molecular complexity index is 413. The van der Waals surface area contributed by atoms with Crippen LogP contribution in [0, 0.1) is 5.92 Å². The molecule has 2 heterocycles. The van der Waals surface area contributed by atoms with Crippen LogP contribution in [0.5, 0.6) is 0 Å². The van der Waals surface area contributed by atoms with Crippen molar-refractivity contribution < 1.29 is 0 Å². The molecule has 0 saturated carbocycles. The van der Waals surface area contributed by atoms with Crippen LogP contribution in [0.2, 0.25) is 0 Å². The second-order valence-corrected chi connectivity index (χ2v) is 6.29. The summed E-state index contributed by atoms with van der Waals surface area (Å²) >= 11 is 0. The van der Waals surface area contributed by atoms with Crippen LogP contribution in [-0.2, 0) is 6.54 Å². The summed E-state index contributed by atoms with van der Waals surface area (Å²) in [6, 6.07) is 6.35. The average Bonchev–Trinajstić information content (AvgIpc) is 2.50. The molecule has 1 saturated heterocycles. The van der Waals surface area contributed by atoms with Gasteiger partial charge in [0.2, 0.25) is 0 Å². The van der Waals surface area contributed by atoms with E-state index < -0.39 is 0 Å². The molecule has 0 aromatic carbocycles. The number of hydrogen-bond donors (Lipinski definition) is 1. The third-order valence-corrected chi connectivity index (χ3v) is 4.29. The van der Waals surface area contributed by atoms with Crippen molar-refractivity contribution in [1.29, 1.82) is 0 Å². The Hall–Kier alpha value is -1.13. The Kier molecular flexibility index (Phi) is 6.46. The third-order valence-electron chi connectivity index (χ3n) is 4.29. The molecule has 0 unspecified atom stereocenters. The molecule has 0 radical (unpaired) electrons. The van der Waals surface area contributed by atoms with Crippen LogP contribution < -0.4 is 10.2 Å². The second kappa shape index (κ2) is 8.35. The first-order chi connectivity index (χ1) is 10.2. The van der Waals surface area contributed by atoms with Gasteiger partial charge in [0, 0.05) is 20.1 Å². The van der Waals surface area contributed by atoms with Crippen molar-refractivity contribution in [3.63, 3.8) is 0 Å². The molecule has 4 nitrogen and oxygen atoms in total. The van der Waals surface area contributed by atoms with Crippen molar-refractivity contribution in [3.05, 3.63) is 23.9 Å². The quantitative estimate of drug-likeness (QED) is 0.781. The fraction of sp³-hybridized carbons (Fsp3) is 0.706. The first kappa shape index (κ1) is 16.2. The summed E-state index contributed by atoms with van der Waals surface area (Å²) in [5.41, 5.74) is 1.14. The monoisotopic (exact) mass is 290 g/mol. The van der Waals surface area contributed by atoms with E-state index in [0.29, 0.717) is 0 Å². The maximum absolute atomic E-state index is 4.78. The number of hydrogen-bond acceptors (Lipinski definition) is 4. The number of rotatable bonds is 7. The Balaban J connectivity index is 1.86. The molecular weight excluding hydrogens is 260 g/mol. The van der Waals surface area contributed by atoms with Gasteiger partial charge in [-0.3, -0.25) is 0 Å². The van der Waals surface area contributed by atoms with Crippen LogP contribution in [0.15, 0.2) is 18.2 Å². The van der Waals surface area contributed by atoms with Crippen molar-refractivity contribution in [2.45, 2.75) is 32.7 Å². The second-order valence-electron chi connectivity index (χ2n) is 6.29. The third kappa shape index (κ3) is 5.29. The van der Waals surface area contributed by atoms with Gasteiger partial charge in [-0.1, -0.05) is 13.0 Å². The lowest BCUT2D eigenvalue weighted by molar-refractivity contribution is 0.222. The molecule has 1 aliphatic rings. The topological polar surface area (TPSA) is 31.4 Å². The first-order valence-electron chi connectivity index (χ1n) is 8.25. The molecule has 0 amide bonds. The van der Waals surface area contributed by atoms with Crippen molar-refractivity contribution in [2.24, 2.45) is 5.92 Å². The van der Waals surface area contributed by atoms with E-state index in [0.717, 1.165) is 43.5 Å². The molecule has 21 heavy (non-hydrogen) atoms. The summed E-state index contributed by atoms with van der Waals surface area (Å²) in [4.78, 5) is 9.52. The minimum Gasteiger partial charge on any atom is -0.359 e. The predicted octanol–water partition coefficient (Wildman–Crippen LogP) is 2.36. The van der Waals surface area contributed by atoms with Crippen LogP contribution in [0.1, 0.15) is 31.9 Å². The van der Waals surface area contributed by atoms with E-state index in [9.17, 15) is 0 Å². The highest BCUT2D eigenvalue weighted by molar-refractivity contribution is 5.38. The molecule has 0 aliphatic carbocycles. The lowest BCUT2D eigenvalue weighted by Crippen LogP contribution is -2.36. The van der Waals surface area contributed by atoms with Gasteiger partial charge in [-0.2, -0.15) is 0 Å². The SMILES string of the molecule is CCCNCc1cccc(N(C)CC2CCN(C)CC2)n1. The van der Waals surface area contributed by atoms with E-state index in [2.05, 4.69) is 54.3 Å². The van der Waals surface area contributed by atoms with Crippen molar-refractivity contribution >= 4 is 5.82 Å². The fourth-order valence-electron chi connectivity index (χ4n) is 2.90. The summed E-state index contributed by atoms with van der Waals surface area (Å²) in [5.74, 6) is 1.90. The van der Waals surface area contributed by atoms with Crippen LogP contribution in [0.3, 0.4) is 0 Å².